The first-order chi connectivity index (χ1) is 7.59. The molecule has 2 rings (SSSR count). The molecule has 1 unspecified atom stereocenters. The molecule has 84 valence electrons. The van der Waals surface area contributed by atoms with Gasteiger partial charge >= 0.3 is 0 Å². The average Bonchev–Trinajstić information content (AvgIpc) is 2.28. The molecule has 0 bridgehead atoms. The number of benzene rings is 1. The Morgan fingerprint density at radius 1 is 1.19 bits per heavy atom. The first kappa shape index (κ1) is 11.1. The van der Waals surface area contributed by atoms with Crippen molar-refractivity contribution in [3.63, 3.8) is 0 Å². The molecule has 0 radical (unpaired) electrons. The number of hydrogen-bond donors (Lipinski definition) is 1. The maximum atomic E-state index is 6.14. The van der Waals surface area contributed by atoms with Crippen LogP contribution in [0.1, 0.15) is 31.1 Å². The number of rotatable bonds is 2. The summed E-state index contributed by atoms with van der Waals surface area (Å²) in [5, 5.41) is 1.21. The molecule has 0 saturated carbocycles. The molecule has 1 aromatic carbocycles. The lowest BCUT2D eigenvalue weighted by Crippen LogP contribution is -2.18. The summed E-state index contributed by atoms with van der Waals surface area (Å²) >= 11 is 0. The molecule has 0 spiro atoms. The van der Waals surface area contributed by atoms with Crippen LogP contribution in [0.15, 0.2) is 30.3 Å². The summed E-state index contributed by atoms with van der Waals surface area (Å²) in [6.07, 6.45) is 0. The Labute approximate surface area is 96.5 Å². The lowest BCUT2D eigenvalue weighted by atomic mass is 9.99. The number of nitrogens with two attached hydrogens (primary N) is 1. The highest BCUT2D eigenvalue weighted by Gasteiger charge is 2.13. The van der Waals surface area contributed by atoms with E-state index in [1.54, 1.807) is 0 Å². The fourth-order valence-electron chi connectivity index (χ4n) is 1.89. The van der Waals surface area contributed by atoms with Crippen LogP contribution >= 0.6 is 0 Å². The van der Waals surface area contributed by atoms with E-state index in [-0.39, 0.29) is 6.04 Å². The lowest BCUT2D eigenvalue weighted by molar-refractivity contribution is 0.504. The average molecular weight is 214 g/mol. The number of fused-ring (bicyclic) bond motifs is 1. The molecule has 0 amide bonds. The van der Waals surface area contributed by atoms with Gasteiger partial charge in [-0.1, -0.05) is 32.0 Å². The van der Waals surface area contributed by atoms with E-state index in [2.05, 4.69) is 37.9 Å². The Hall–Kier alpha value is -1.41. The number of aromatic nitrogens is 1. The molecule has 0 aliphatic carbocycles. The molecule has 2 nitrogen and oxygen atoms in total. The summed E-state index contributed by atoms with van der Waals surface area (Å²) in [5.41, 5.74) is 9.41. The maximum absolute atomic E-state index is 6.14. The Morgan fingerprint density at radius 2 is 1.88 bits per heavy atom. The number of hydrogen-bond acceptors (Lipinski definition) is 2. The SMILES string of the molecule is Cc1cc(C(N)C(C)C)nc2ccccc12. The third-order valence-corrected chi connectivity index (χ3v) is 3.00. The van der Waals surface area contributed by atoms with Gasteiger partial charge in [-0.05, 0) is 30.5 Å². The highest BCUT2D eigenvalue weighted by atomic mass is 14.8. The van der Waals surface area contributed by atoms with E-state index in [1.165, 1.54) is 10.9 Å². The lowest BCUT2D eigenvalue weighted by Gasteiger charge is -2.16. The summed E-state index contributed by atoms with van der Waals surface area (Å²) in [6, 6.07) is 10.3. The van der Waals surface area contributed by atoms with E-state index in [0.717, 1.165) is 11.2 Å². The summed E-state index contributed by atoms with van der Waals surface area (Å²) < 4.78 is 0. The monoisotopic (exact) mass is 214 g/mol. The van der Waals surface area contributed by atoms with Gasteiger partial charge < -0.3 is 5.73 Å². The smallest absolute Gasteiger partial charge is 0.0708 e. The van der Waals surface area contributed by atoms with E-state index < -0.39 is 0 Å². The van der Waals surface area contributed by atoms with Crippen molar-refractivity contribution in [2.75, 3.05) is 0 Å². The molecule has 1 aromatic heterocycles. The van der Waals surface area contributed by atoms with Crippen molar-refractivity contribution in [2.45, 2.75) is 26.8 Å². The minimum Gasteiger partial charge on any atom is -0.322 e. The predicted molar refractivity (Wildman–Crippen MR) is 68.2 cm³/mol. The molecule has 0 aliphatic heterocycles. The molecule has 0 saturated heterocycles. The zero-order valence-corrected chi connectivity index (χ0v) is 10.1. The molecule has 16 heavy (non-hydrogen) atoms. The van der Waals surface area contributed by atoms with Crippen LogP contribution in [0.2, 0.25) is 0 Å². The molecular formula is C14H18N2. The van der Waals surface area contributed by atoms with Gasteiger partial charge in [-0.25, -0.2) is 0 Å². The number of aryl methyl sites for hydroxylation is 1. The highest BCUT2D eigenvalue weighted by molar-refractivity contribution is 5.82. The second-order valence-corrected chi connectivity index (χ2v) is 4.65. The largest absolute Gasteiger partial charge is 0.322 e. The number of nitrogens with zero attached hydrogens (tertiary/aromatic N) is 1. The third kappa shape index (κ3) is 1.93. The van der Waals surface area contributed by atoms with E-state index in [9.17, 15) is 0 Å². The zero-order chi connectivity index (χ0) is 11.7. The van der Waals surface area contributed by atoms with Gasteiger partial charge in [-0.2, -0.15) is 0 Å². The standard InChI is InChI=1S/C14H18N2/c1-9(2)14(15)13-8-10(3)11-6-4-5-7-12(11)16-13/h4-9,14H,15H2,1-3H3. The van der Waals surface area contributed by atoms with Gasteiger partial charge in [-0.15, -0.1) is 0 Å². The fourth-order valence-corrected chi connectivity index (χ4v) is 1.89. The summed E-state index contributed by atoms with van der Waals surface area (Å²) in [6.45, 7) is 6.36. The van der Waals surface area contributed by atoms with Crippen LogP contribution in [-0.4, -0.2) is 4.98 Å². The van der Waals surface area contributed by atoms with E-state index in [0.29, 0.717) is 5.92 Å². The quantitative estimate of drug-likeness (QED) is 0.833. The number of pyridine rings is 1. The van der Waals surface area contributed by atoms with Crippen molar-refractivity contribution < 1.29 is 0 Å². The highest BCUT2D eigenvalue weighted by Crippen LogP contribution is 2.23. The van der Waals surface area contributed by atoms with Crippen molar-refractivity contribution in [3.05, 3.63) is 41.6 Å². The van der Waals surface area contributed by atoms with Crippen LogP contribution in [-0.2, 0) is 0 Å². The molecular weight excluding hydrogens is 196 g/mol. The van der Waals surface area contributed by atoms with E-state index in [1.807, 2.05) is 18.2 Å². The van der Waals surface area contributed by atoms with Crippen molar-refractivity contribution in [3.8, 4) is 0 Å². The van der Waals surface area contributed by atoms with Gasteiger partial charge in [0, 0.05) is 11.4 Å². The van der Waals surface area contributed by atoms with Gasteiger partial charge in [0.25, 0.3) is 0 Å². The van der Waals surface area contributed by atoms with Gasteiger partial charge in [0.2, 0.25) is 0 Å². The summed E-state index contributed by atoms with van der Waals surface area (Å²) in [4.78, 5) is 4.63. The van der Waals surface area contributed by atoms with Crippen molar-refractivity contribution in [1.82, 2.24) is 4.98 Å². The van der Waals surface area contributed by atoms with E-state index >= 15 is 0 Å². The van der Waals surface area contributed by atoms with Crippen LogP contribution in [0.4, 0.5) is 0 Å². The molecule has 0 fully saturated rings. The summed E-state index contributed by atoms with van der Waals surface area (Å²) in [5.74, 6) is 0.410. The second-order valence-electron chi connectivity index (χ2n) is 4.65. The number of para-hydroxylation sites is 1. The molecule has 2 heteroatoms. The molecule has 1 heterocycles. The maximum Gasteiger partial charge on any atom is 0.0708 e. The van der Waals surface area contributed by atoms with Gasteiger partial charge in [0.05, 0.1) is 11.2 Å². The fraction of sp³-hybridized carbons (Fsp3) is 0.357. The van der Waals surface area contributed by atoms with Gasteiger partial charge in [-0.3, -0.25) is 4.98 Å². The Morgan fingerprint density at radius 3 is 2.56 bits per heavy atom. The molecule has 2 aromatic rings. The van der Waals surface area contributed by atoms with E-state index in [4.69, 9.17) is 5.73 Å². The van der Waals surface area contributed by atoms with Crippen molar-refractivity contribution in [1.29, 1.82) is 0 Å². The topological polar surface area (TPSA) is 38.9 Å². The summed E-state index contributed by atoms with van der Waals surface area (Å²) in [7, 11) is 0. The van der Waals surface area contributed by atoms with Crippen LogP contribution in [0, 0.1) is 12.8 Å². The Bertz CT molecular complexity index is 503. The van der Waals surface area contributed by atoms with Gasteiger partial charge in [0.1, 0.15) is 0 Å². The van der Waals surface area contributed by atoms with Crippen LogP contribution in [0.25, 0.3) is 10.9 Å². The second kappa shape index (κ2) is 4.22. The Balaban J connectivity index is 2.58. The molecule has 1 atom stereocenters. The predicted octanol–water partition coefficient (Wildman–Crippen LogP) is 3.20. The first-order valence-corrected chi connectivity index (χ1v) is 5.71. The molecule has 0 aliphatic rings. The minimum atomic E-state index is 0.0170. The first-order valence-electron chi connectivity index (χ1n) is 5.71. The molecule has 2 N–H and O–H groups in total. The zero-order valence-electron chi connectivity index (χ0n) is 10.1. The van der Waals surface area contributed by atoms with Crippen LogP contribution in [0.5, 0.6) is 0 Å². The normalized spacial score (nSPS) is 13.3. The van der Waals surface area contributed by atoms with Crippen LogP contribution in [0.3, 0.4) is 0 Å². The third-order valence-electron chi connectivity index (χ3n) is 3.00. The van der Waals surface area contributed by atoms with Crippen molar-refractivity contribution >= 4 is 10.9 Å². The van der Waals surface area contributed by atoms with Gasteiger partial charge in [0.15, 0.2) is 0 Å². The van der Waals surface area contributed by atoms with Crippen molar-refractivity contribution in [2.24, 2.45) is 11.7 Å². The Kier molecular flexibility index (Phi) is 2.92. The minimum absolute atomic E-state index is 0.0170. The van der Waals surface area contributed by atoms with Crippen LogP contribution < -0.4 is 5.73 Å².